The van der Waals surface area contributed by atoms with Gasteiger partial charge in [-0.05, 0) is 12.5 Å². The summed E-state index contributed by atoms with van der Waals surface area (Å²) in [6.45, 7) is 7.25. The number of β-amino-alcohol motifs (C(OH)–C–C–N with tert-alkyl or cyclic N) is 1. The fourth-order valence-electron chi connectivity index (χ4n) is 2.35. The second kappa shape index (κ2) is 6.80. The Balaban J connectivity index is 1.75. The minimum Gasteiger partial charge on any atom is -0.386 e. The second-order valence-corrected chi connectivity index (χ2v) is 5.26. The molecule has 0 spiro atoms. The molecule has 0 bridgehead atoms. The number of hydrogen-bond acceptors (Lipinski definition) is 4. The van der Waals surface area contributed by atoms with Crippen LogP contribution in [0.25, 0.3) is 0 Å². The number of aliphatic hydroxyl groups excluding tert-OH is 1. The third kappa shape index (κ3) is 4.42. The number of nitrogens with one attached hydrogen (secondary N) is 1. The van der Waals surface area contributed by atoms with Gasteiger partial charge in [0.2, 0.25) is 0 Å². The van der Waals surface area contributed by atoms with E-state index in [0.717, 1.165) is 32.7 Å². The van der Waals surface area contributed by atoms with Gasteiger partial charge in [-0.15, -0.1) is 0 Å². The Hall–Kier alpha value is -1.23. The maximum atomic E-state index is 9.70. The van der Waals surface area contributed by atoms with E-state index in [1.807, 2.05) is 6.07 Å². The molecule has 1 heterocycles. The molecule has 1 saturated heterocycles. The molecular formula is C15H23N3O. The zero-order valence-electron chi connectivity index (χ0n) is 11.5. The Morgan fingerprint density at radius 3 is 2.32 bits per heavy atom. The minimum absolute atomic E-state index is 0.353. The highest BCUT2D eigenvalue weighted by atomic mass is 16.3. The second-order valence-electron chi connectivity index (χ2n) is 5.26. The summed E-state index contributed by atoms with van der Waals surface area (Å²) in [6, 6.07) is 10.5. The van der Waals surface area contributed by atoms with Gasteiger partial charge in [-0.25, -0.2) is 0 Å². The van der Waals surface area contributed by atoms with Crippen LogP contribution in [0, 0.1) is 5.41 Å². The maximum absolute atomic E-state index is 9.70. The van der Waals surface area contributed by atoms with Gasteiger partial charge in [-0.3, -0.25) is 9.80 Å². The average molecular weight is 261 g/mol. The van der Waals surface area contributed by atoms with Gasteiger partial charge in [0.05, 0.1) is 0 Å². The van der Waals surface area contributed by atoms with Gasteiger partial charge in [0, 0.05) is 45.0 Å². The molecule has 1 aliphatic heterocycles. The van der Waals surface area contributed by atoms with Gasteiger partial charge in [-0.1, -0.05) is 30.3 Å². The lowest BCUT2D eigenvalue weighted by atomic mass is 10.2. The zero-order valence-corrected chi connectivity index (χ0v) is 11.5. The van der Waals surface area contributed by atoms with Gasteiger partial charge < -0.3 is 10.5 Å². The highest BCUT2D eigenvalue weighted by molar-refractivity contribution is 5.83. The van der Waals surface area contributed by atoms with Crippen molar-refractivity contribution in [3.63, 3.8) is 0 Å². The summed E-state index contributed by atoms with van der Waals surface area (Å²) in [4.78, 5) is 4.68. The molecule has 0 radical (unpaired) electrons. The van der Waals surface area contributed by atoms with Gasteiger partial charge in [-0.2, -0.15) is 0 Å². The van der Waals surface area contributed by atoms with E-state index in [2.05, 4.69) is 34.1 Å². The standard InChI is InChI=1S/C15H23N3O/c1-13(16)15(19)12-18-9-7-17(8-10-18)11-14-5-3-2-4-6-14/h2-6,15-16,19H,7-12H2,1H3. The quantitative estimate of drug-likeness (QED) is 0.783. The first-order valence-electron chi connectivity index (χ1n) is 6.87. The molecule has 2 rings (SSSR count). The summed E-state index contributed by atoms with van der Waals surface area (Å²) < 4.78 is 0. The lowest BCUT2D eigenvalue weighted by molar-refractivity contribution is 0.0934. The Bertz CT molecular complexity index is 399. The Morgan fingerprint density at radius 1 is 1.16 bits per heavy atom. The molecule has 1 unspecified atom stereocenters. The Morgan fingerprint density at radius 2 is 1.74 bits per heavy atom. The summed E-state index contributed by atoms with van der Waals surface area (Å²) in [7, 11) is 0. The molecule has 104 valence electrons. The number of nitrogens with zero attached hydrogens (tertiary/aromatic N) is 2. The topological polar surface area (TPSA) is 50.6 Å². The first-order valence-corrected chi connectivity index (χ1v) is 6.87. The van der Waals surface area contributed by atoms with Crippen LogP contribution >= 0.6 is 0 Å². The van der Waals surface area contributed by atoms with Crippen LogP contribution in [-0.2, 0) is 6.54 Å². The fraction of sp³-hybridized carbons (Fsp3) is 0.533. The molecular weight excluding hydrogens is 238 g/mol. The van der Waals surface area contributed by atoms with E-state index in [0.29, 0.717) is 12.3 Å². The molecule has 4 heteroatoms. The first-order chi connectivity index (χ1) is 9.15. The molecule has 1 aliphatic rings. The largest absolute Gasteiger partial charge is 0.386 e. The SMILES string of the molecule is CC(=N)C(O)CN1CCN(Cc2ccccc2)CC1. The summed E-state index contributed by atoms with van der Waals surface area (Å²) in [6.07, 6.45) is -0.610. The van der Waals surface area contributed by atoms with Gasteiger partial charge in [0.1, 0.15) is 6.10 Å². The van der Waals surface area contributed by atoms with Crippen LogP contribution in [0.2, 0.25) is 0 Å². The molecule has 0 amide bonds. The van der Waals surface area contributed by atoms with Crippen LogP contribution in [0.1, 0.15) is 12.5 Å². The van der Waals surface area contributed by atoms with E-state index in [4.69, 9.17) is 5.41 Å². The van der Waals surface area contributed by atoms with E-state index in [9.17, 15) is 5.11 Å². The molecule has 2 N–H and O–H groups in total. The predicted molar refractivity (Wildman–Crippen MR) is 77.6 cm³/mol. The molecule has 1 aromatic rings. The van der Waals surface area contributed by atoms with Crippen LogP contribution in [0.3, 0.4) is 0 Å². The van der Waals surface area contributed by atoms with Gasteiger partial charge >= 0.3 is 0 Å². The van der Waals surface area contributed by atoms with Crippen molar-refractivity contribution in [3.05, 3.63) is 35.9 Å². The highest BCUT2D eigenvalue weighted by Crippen LogP contribution is 2.08. The van der Waals surface area contributed by atoms with Crippen molar-refractivity contribution in [3.8, 4) is 0 Å². The number of hydrogen-bond donors (Lipinski definition) is 2. The zero-order chi connectivity index (χ0) is 13.7. The molecule has 1 atom stereocenters. The van der Waals surface area contributed by atoms with E-state index < -0.39 is 6.10 Å². The van der Waals surface area contributed by atoms with Crippen LogP contribution in [0.15, 0.2) is 30.3 Å². The van der Waals surface area contributed by atoms with Crippen molar-refractivity contribution >= 4 is 5.71 Å². The number of aliphatic hydroxyl groups is 1. The van der Waals surface area contributed by atoms with Crippen LogP contribution in [0.4, 0.5) is 0 Å². The van der Waals surface area contributed by atoms with Crippen molar-refractivity contribution in [2.75, 3.05) is 32.7 Å². The number of piperazine rings is 1. The number of rotatable bonds is 5. The smallest absolute Gasteiger partial charge is 0.104 e. The van der Waals surface area contributed by atoms with Crippen LogP contribution in [0.5, 0.6) is 0 Å². The normalized spacial score (nSPS) is 19.3. The van der Waals surface area contributed by atoms with Crippen LogP contribution in [-0.4, -0.2) is 59.4 Å². The van der Waals surface area contributed by atoms with E-state index in [1.54, 1.807) is 6.92 Å². The van der Waals surface area contributed by atoms with Crippen molar-refractivity contribution in [1.29, 1.82) is 5.41 Å². The average Bonchev–Trinajstić information content (AvgIpc) is 2.42. The fourth-order valence-corrected chi connectivity index (χ4v) is 2.35. The molecule has 0 aliphatic carbocycles. The van der Waals surface area contributed by atoms with Gasteiger partial charge in [0.15, 0.2) is 0 Å². The molecule has 1 fully saturated rings. The summed E-state index contributed by atoms with van der Waals surface area (Å²) in [5.41, 5.74) is 1.71. The van der Waals surface area contributed by atoms with Gasteiger partial charge in [0.25, 0.3) is 0 Å². The van der Waals surface area contributed by atoms with Crippen molar-refractivity contribution < 1.29 is 5.11 Å². The lowest BCUT2D eigenvalue weighted by Crippen LogP contribution is -2.48. The van der Waals surface area contributed by atoms with E-state index in [1.165, 1.54) is 5.56 Å². The summed E-state index contributed by atoms with van der Waals surface area (Å²) >= 11 is 0. The third-order valence-corrected chi connectivity index (χ3v) is 3.64. The molecule has 1 aromatic carbocycles. The van der Waals surface area contributed by atoms with Crippen molar-refractivity contribution in [2.24, 2.45) is 0 Å². The predicted octanol–water partition coefficient (Wildman–Crippen LogP) is 1.20. The van der Waals surface area contributed by atoms with Crippen molar-refractivity contribution in [1.82, 2.24) is 9.80 Å². The lowest BCUT2D eigenvalue weighted by Gasteiger charge is -2.35. The molecule has 4 nitrogen and oxygen atoms in total. The first kappa shape index (κ1) is 14.2. The van der Waals surface area contributed by atoms with Crippen molar-refractivity contribution in [2.45, 2.75) is 19.6 Å². The van der Waals surface area contributed by atoms with E-state index >= 15 is 0 Å². The molecule has 0 saturated carbocycles. The maximum Gasteiger partial charge on any atom is 0.104 e. The summed E-state index contributed by atoms with van der Waals surface area (Å²) in [5, 5.41) is 17.1. The van der Waals surface area contributed by atoms with E-state index in [-0.39, 0.29) is 0 Å². The third-order valence-electron chi connectivity index (χ3n) is 3.64. The molecule has 19 heavy (non-hydrogen) atoms. The monoisotopic (exact) mass is 261 g/mol. The Labute approximate surface area is 115 Å². The van der Waals surface area contributed by atoms with Crippen LogP contribution < -0.4 is 0 Å². The Kier molecular flexibility index (Phi) is 5.07. The summed E-state index contributed by atoms with van der Waals surface area (Å²) in [5.74, 6) is 0. The highest BCUT2D eigenvalue weighted by Gasteiger charge is 2.19. The number of benzene rings is 1. The minimum atomic E-state index is -0.610. The molecule has 0 aromatic heterocycles.